The van der Waals surface area contributed by atoms with Crippen LogP contribution in [0.2, 0.25) is 0 Å². The topological polar surface area (TPSA) is 58.2 Å². The molecule has 0 spiro atoms. The Kier molecular flexibility index (Phi) is 5.68. The van der Waals surface area contributed by atoms with E-state index in [2.05, 4.69) is 16.7 Å². The highest BCUT2D eigenvalue weighted by atomic mass is 32.1. The molecule has 4 nitrogen and oxygen atoms in total. The first-order chi connectivity index (χ1) is 16.0. The number of rotatable bonds is 4. The molecular formula is C27H23FN2O2S. The molecule has 0 radical (unpaired) electrons. The number of thiophene rings is 1. The molecule has 1 amide bonds. The Balaban J connectivity index is 1.55. The summed E-state index contributed by atoms with van der Waals surface area (Å²) < 4.78 is 13.7. The molecule has 2 aliphatic rings. The summed E-state index contributed by atoms with van der Waals surface area (Å²) in [5, 5.41) is 8.22. The summed E-state index contributed by atoms with van der Waals surface area (Å²) in [5.74, 6) is -1.06. The molecule has 0 unspecified atom stereocenters. The first-order valence-corrected chi connectivity index (χ1v) is 11.8. The molecule has 33 heavy (non-hydrogen) atoms. The van der Waals surface area contributed by atoms with Crippen LogP contribution in [0, 0.1) is 5.82 Å². The zero-order valence-corrected chi connectivity index (χ0v) is 18.9. The van der Waals surface area contributed by atoms with Crippen molar-refractivity contribution in [2.75, 3.05) is 5.32 Å². The number of amides is 1. The van der Waals surface area contributed by atoms with Crippen LogP contribution in [-0.2, 0) is 9.59 Å². The number of ketones is 1. The van der Waals surface area contributed by atoms with Gasteiger partial charge in [0.2, 0.25) is 0 Å². The van der Waals surface area contributed by atoms with Gasteiger partial charge >= 0.3 is 0 Å². The number of anilines is 1. The van der Waals surface area contributed by atoms with Gasteiger partial charge in [0.15, 0.2) is 5.78 Å². The number of dihydropyridines is 1. The lowest BCUT2D eigenvalue weighted by atomic mass is 9.72. The molecule has 2 N–H and O–H groups in total. The van der Waals surface area contributed by atoms with Crippen LogP contribution in [0.15, 0.2) is 94.7 Å². The Morgan fingerprint density at radius 2 is 1.88 bits per heavy atom. The third-order valence-electron chi connectivity index (χ3n) is 6.23. The van der Waals surface area contributed by atoms with Gasteiger partial charge in [0.25, 0.3) is 5.91 Å². The molecule has 2 atom stereocenters. The molecule has 1 aromatic heterocycles. The van der Waals surface area contributed by atoms with Crippen LogP contribution in [0.25, 0.3) is 0 Å². The van der Waals surface area contributed by atoms with Crippen LogP contribution in [0.4, 0.5) is 10.1 Å². The van der Waals surface area contributed by atoms with Gasteiger partial charge in [0.05, 0.1) is 0 Å². The van der Waals surface area contributed by atoms with Crippen molar-refractivity contribution in [3.05, 3.63) is 111 Å². The number of hydrogen-bond donors (Lipinski definition) is 2. The van der Waals surface area contributed by atoms with E-state index in [1.54, 1.807) is 23.5 Å². The number of carbonyl (C=O) groups excluding carboxylic acids is 2. The SMILES string of the molecule is CC1=C(C(=O)Nc2cccc(F)c2)[C@@H](c2ccccc2)C2=C(C[C@H](c3cccs3)CC2=O)N1. The molecule has 2 heterocycles. The Morgan fingerprint density at radius 3 is 2.61 bits per heavy atom. The fourth-order valence-corrected chi connectivity index (χ4v) is 5.64. The minimum absolute atomic E-state index is 0.0551. The van der Waals surface area contributed by atoms with E-state index in [4.69, 9.17) is 0 Å². The molecule has 0 fully saturated rings. The highest BCUT2D eigenvalue weighted by Gasteiger charge is 2.41. The number of carbonyl (C=O) groups is 2. The fourth-order valence-electron chi connectivity index (χ4n) is 4.81. The van der Waals surface area contributed by atoms with Crippen molar-refractivity contribution in [1.82, 2.24) is 5.32 Å². The second-order valence-corrected chi connectivity index (χ2v) is 9.39. The lowest BCUT2D eigenvalue weighted by Crippen LogP contribution is -2.37. The van der Waals surface area contributed by atoms with Gasteiger partial charge in [-0.05, 0) is 48.6 Å². The zero-order chi connectivity index (χ0) is 22.9. The average molecular weight is 459 g/mol. The summed E-state index contributed by atoms with van der Waals surface area (Å²) in [7, 11) is 0. The van der Waals surface area contributed by atoms with Gasteiger partial charge in [-0.15, -0.1) is 11.3 Å². The monoisotopic (exact) mass is 458 g/mol. The number of halogens is 1. The normalized spacial score (nSPS) is 20.4. The summed E-state index contributed by atoms with van der Waals surface area (Å²) in [4.78, 5) is 28.1. The summed E-state index contributed by atoms with van der Waals surface area (Å²) in [5.41, 5.74) is 3.99. The van der Waals surface area contributed by atoms with E-state index in [1.165, 1.54) is 17.0 Å². The number of allylic oxidation sites excluding steroid dienone is 3. The van der Waals surface area contributed by atoms with Crippen LogP contribution < -0.4 is 10.6 Å². The maximum Gasteiger partial charge on any atom is 0.254 e. The third kappa shape index (κ3) is 4.14. The molecular weight excluding hydrogens is 435 g/mol. The second kappa shape index (κ2) is 8.79. The van der Waals surface area contributed by atoms with E-state index < -0.39 is 11.7 Å². The van der Waals surface area contributed by atoms with E-state index in [0.29, 0.717) is 29.0 Å². The fraction of sp³-hybridized carbons (Fsp3) is 0.185. The van der Waals surface area contributed by atoms with Crippen molar-refractivity contribution >= 4 is 28.7 Å². The van der Waals surface area contributed by atoms with Crippen LogP contribution in [-0.4, -0.2) is 11.7 Å². The van der Waals surface area contributed by atoms with Crippen LogP contribution in [0.1, 0.15) is 42.0 Å². The highest BCUT2D eigenvalue weighted by Crippen LogP contribution is 2.46. The Hall–Kier alpha value is -3.51. The van der Waals surface area contributed by atoms with Crippen molar-refractivity contribution in [2.45, 2.75) is 31.6 Å². The molecule has 5 rings (SSSR count). The molecule has 0 saturated carbocycles. The van der Waals surface area contributed by atoms with Gasteiger partial charge in [-0.3, -0.25) is 9.59 Å². The van der Waals surface area contributed by atoms with Crippen molar-refractivity contribution < 1.29 is 14.0 Å². The third-order valence-corrected chi connectivity index (χ3v) is 7.27. The lowest BCUT2D eigenvalue weighted by Gasteiger charge is -2.36. The van der Waals surface area contributed by atoms with Gasteiger partial charge in [-0.2, -0.15) is 0 Å². The quantitative estimate of drug-likeness (QED) is 0.513. The summed E-state index contributed by atoms with van der Waals surface area (Å²) in [6, 6.07) is 19.5. The lowest BCUT2D eigenvalue weighted by molar-refractivity contribution is -0.116. The van der Waals surface area contributed by atoms with E-state index in [1.807, 2.05) is 48.7 Å². The smallest absolute Gasteiger partial charge is 0.254 e. The van der Waals surface area contributed by atoms with Crippen LogP contribution in [0.3, 0.4) is 0 Å². The molecule has 0 bridgehead atoms. The molecule has 2 aromatic carbocycles. The molecule has 1 aliphatic heterocycles. The van der Waals surface area contributed by atoms with E-state index >= 15 is 0 Å². The minimum Gasteiger partial charge on any atom is -0.362 e. The number of Topliss-reactive ketones (excluding diaryl/α,β-unsaturated/α-hetero) is 1. The molecule has 6 heteroatoms. The minimum atomic E-state index is -0.479. The van der Waals surface area contributed by atoms with Gasteiger partial charge in [0, 0.05) is 51.4 Å². The van der Waals surface area contributed by atoms with Crippen molar-refractivity contribution in [1.29, 1.82) is 0 Å². The Labute approximate surface area is 195 Å². The maximum atomic E-state index is 13.7. The first-order valence-electron chi connectivity index (χ1n) is 10.9. The van der Waals surface area contributed by atoms with E-state index in [-0.39, 0.29) is 17.6 Å². The zero-order valence-electron chi connectivity index (χ0n) is 18.1. The van der Waals surface area contributed by atoms with E-state index in [0.717, 1.165) is 17.7 Å². The molecule has 3 aromatic rings. The van der Waals surface area contributed by atoms with Gasteiger partial charge in [-0.1, -0.05) is 42.5 Å². The van der Waals surface area contributed by atoms with Crippen molar-refractivity contribution in [3.8, 4) is 0 Å². The standard InChI is InChI=1S/C27H23FN2O2S/c1-16-24(27(32)30-20-10-5-9-19(28)15-20)25(17-7-3-2-4-8-17)26-21(29-16)13-18(14-22(26)31)23-11-6-12-33-23/h2-12,15,18,25,29H,13-14H2,1H3,(H,30,32)/t18-,25+/m0/s1. The number of benzene rings is 2. The predicted octanol–water partition coefficient (Wildman–Crippen LogP) is 5.89. The highest BCUT2D eigenvalue weighted by molar-refractivity contribution is 7.10. The number of nitrogens with one attached hydrogen (secondary N) is 2. The first kappa shape index (κ1) is 21.3. The van der Waals surface area contributed by atoms with Crippen molar-refractivity contribution in [3.63, 3.8) is 0 Å². The Morgan fingerprint density at radius 1 is 1.06 bits per heavy atom. The van der Waals surface area contributed by atoms with Gasteiger partial charge in [0.1, 0.15) is 5.82 Å². The maximum absolute atomic E-state index is 13.7. The van der Waals surface area contributed by atoms with Crippen LogP contribution >= 0.6 is 11.3 Å². The van der Waals surface area contributed by atoms with Gasteiger partial charge in [-0.25, -0.2) is 4.39 Å². The summed E-state index contributed by atoms with van der Waals surface area (Å²) in [6.07, 6.45) is 1.14. The van der Waals surface area contributed by atoms with E-state index in [9.17, 15) is 14.0 Å². The summed E-state index contributed by atoms with van der Waals surface area (Å²) >= 11 is 1.67. The molecule has 166 valence electrons. The average Bonchev–Trinajstić information content (AvgIpc) is 3.33. The molecule has 1 aliphatic carbocycles. The summed E-state index contributed by atoms with van der Waals surface area (Å²) in [6.45, 7) is 1.86. The Bertz CT molecular complexity index is 1280. The van der Waals surface area contributed by atoms with Gasteiger partial charge < -0.3 is 10.6 Å². The second-order valence-electron chi connectivity index (χ2n) is 8.41. The molecule has 0 saturated heterocycles. The predicted molar refractivity (Wildman–Crippen MR) is 128 cm³/mol. The number of hydrogen-bond acceptors (Lipinski definition) is 4. The van der Waals surface area contributed by atoms with Crippen molar-refractivity contribution in [2.24, 2.45) is 0 Å². The van der Waals surface area contributed by atoms with Crippen LogP contribution in [0.5, 0.6) is 0 Å². The largest absolute Gasteiger partial charge is 0.362 e.